The number of carbonyl (C=O) groups excluding carboxylic acids is 1. The second kappa shape index (κ2) is 9.88. The summed E-state index contributed by atoms with van der Waals surface area (Å²) in [7, 11) is 0. The number of hydrogen-bond donors (Lipinski definition) is 1. The van der Waals surface area contributed by atoms with Crippen LogP contribution >= 0.6 is 11.6 Å². The number of amides is 1. The number of nitrogens with zero attached hydrogens (tertiary/aromatic N) is 2. The number of alkyl halides is 3. The van der Waals surface area contributed by atoms with Gasteiger partial charge in [0.05, 0.1) is 23.2 Å². The van der Waals surface area contributed by atoms with Crippen LogP contribution in [0, 0.1) is 11.3 Å². The quantitative estimate of drug-likeness (QED) is 0.497. The summed E-state index contributed by atoms with van der Waals surface area (Å²) in [5.74, 6) is -0.416. The van der Waals surface area contributed by atoms with Gasteiger partial charge >= 0.3 is 6.18 Å². The smallest absolute Gasteiger partial charge is 0.348 e. The molecular formula is C26H21ClF3N3O. The van der Waals surface area contributed by atoms with Crippen molar-refractivity contribution in [1.29, 1.82) is 5.26 Å². The molecule has 0 saturated carbocycles. The van der Waals surface area contributed by atoms with Crippen LogP contribution in [0.25, 0.3) is 0 Å². The van der Waals surface area contributed by atoms with Crippen molar-refractivity contribution in [3.05, 3.63) is 106 Å². The molecule has 1 N–H and O–H groups in total. The second-order valence-electron chi connectivity index (χ2n) is 8.18. The summed E-state index contributed by atoms with van der Waals surface area (Å²) in [6.45, 7) is 1.20. The molecule has 0 spiro atoms. The van der Waals surface area contributed by atoms with E-state index in [-0.39, 0.29) is 17.6 Å². The standard InChI is InChI=1S/C26H21ClF3N3O/c27-21-11-7-17(8-12-21)24(23-4-2-1-3-19(23)15-31)33-14-13-22(16-33)32-25(34)18-5-9-20(10-6-18)26(28,29)30/h1-12,22,24H,13-14,16H2,(H,32,34)/t22-,24?/m1/s1. The lowest BCUT2D eigenvalue weighted by molar-refractivity contribution is -0.137. The monoisotopic (exact) mass is 483 g/mol. The van der Waals surface area contributed by atoms with Crippen molar-refractivity contribution in [1.82, 2.24) is 10.2 Å². The Kier molecular flexibility index (Phi) is 6.92. The number of halogens is 4. The van der Waals surface area contributed by atoms with E-state index in [2.05, 4.69) is 16.3 Å². The molecule has 8 heteroatoms. The van der Waals surface area contributed by atoms with Gasteiger partial charge in [-0.3, -0.25) is 9.69 Å². The summed E-state index contributed by atoms with van der Waals surface area (Å²) in [5.41, 5.74) is 1.79. The van der Waals surface area contributed by atoms with Gasteiger partial charge in [-0.15, -0.1) is 0 Å². The van der Waals surface area contributed by atoms with Crippen LogP contribution < -0.4 is 5.32 Å². The maximum Gasteiger partial charge on any atom is 0.416 e. The fourth-order valence-corrected chi connectivity index (χ4v) is 4.41. The summed E-state index contributed by atoms with van der Waals surface area (Å²) < 4.78 is 38.4. The van der Waals surface area contributed by atoms with Gasteiger partial charge in [-0.2, -0.15) is 18.4 Å². The molecule has 1 heterocycles. The van der Waals surface area contributed by atoms with Gasteiger partial charge in [0, 0.05) is 29.7 Å². The Bertz CT molecular complexity index is 1200. The fraction of sp³-hybridized carbons (Fsp3) is 0.231. The Hall–Kier alpha value is -3.34. The first kappa shape index (κ1) is 23.8. The van der Waals surface area contributed by atoms with Crippen LogP contribution in [-0.4, -0.2) is 29.9 Å². The molecule has 1 unspecified atom stereocenters. The van der Waals surface area contributed by atoms with E-state index in [0.717, 1.165) is 23.3 Å². The summed E-state index contributed by atoms with van der Waals surface area (Å²) in [5, 5.41) is 13.2. The third-order valence-electron chi connectivity index (χ3n) is 5.96. The highest BCUT2D eigenvalue weighted by atomic mass is 35.5. The van der Waals surface area contributed by atoms with Gasteiger partial charge in [-0.05, 0) is 60.0 Å². The van der Waals surface area contributed by atoms with Crippen LogP contribution in [0.5, 0.6) is 0 Å². The van der Waals surface area contributed by atoms with E-state index in [1.807, 2.05) is 30.3 Å². The van der Waals surface area contributed by atoms with Crippen LogP contribution in [-0.2, 0) is 6.18 Å². The Labute approximate surface area is 200 Å². The molecule has 1 aliphatic rings. The van der Waals surface area contributed by atoms with Crippen molar-refractivity contribution in [2.75, 3.05) is 13.1 Å². The number of rotatable bonds is 5. The zero-order valence-electron chi connectivity index (χ0n) is 18.0. The lowest BCUT2D eigenvalue weighted by atomic mass is 9.93. The third-order valence-corrected chi connectivity index (χ3v) is 6.21. The molecule has 174 valence electrons. The molecule has 0 aliphatic carbocycles. The van der Waals surface area contributed by atoms with Crippen LogP contribution in [0.4, 0.5) is 13.2 Å². The molecule has 3 aromatic rings. The predicted octanol–water partition coefficient (Wildman–Crippen LogP) is 5.82. The summed E-state index contributed by atoms with van der Waals surface area (Å²) in [6.07, 6.45) is -3.78. The van der Waals surface area contributed by atoms with Crippen molar-refractivity contribution in [2.24, 2.45) is 0 Å². The molecule has 1 fully saturated rings. The maximum absolute atomic E-state index is 12.8. The Morgan fingerprint density at radius 2 is 1.74 bits per heavy atom. The molecular weight excluding hydrogens is 463 g/mol. The molecule has 4 nitrogen and oxygen atoms in total. The number of nitrogens with one attached hydrogen (secondary N) is 1. The average molecular weight is 484 g/mol. The molecule has 2 atom stereocenters. The van der Waals surface area contributed by atoms with Gasteiger partial charge in [0.1, 0.15) is 0 Å². The van der Waals surface area contributed by atoms with Gasteiger partial charge in [-0.1, -0.05) is 41.9 Å². The molecule has 1 aliphatic heterocycles. The van der Waals surface area contributed by atoms with Crippen molar-refractivity contribution in [2.45, 2.75) is 24.7 Å². The van der Waals surface area contributed by atoms with Gasteiger partial charge in [0.15, 0.2) is 0 Å². The van der Waals surface area contributed by atoms with Crippen molar-refractivity contribution in [3.8, 4) is 6.07 Å². The Balaban J connectivity index is 1.52. The normalized spacial score (nSPS) is 17.2. The molecule has 4 rings (SSSR count). The highest BCUT2D eigenvalue weighted by Gasteiger charge is 2.33. The van der Waals surface area contributed by atoms with Crippen molar-refractivity contribution in [3.63, 3.8) is 0 Å². The van der Waals surface area contributed by atoms with Crippen LogP contribution in [0.15, 0.2) is 72.8 Å². The maximum atomic E-state index is 12.8. The van der Waals surface area contributed by atoms with E-state index in [1.54, 1.807) is 18.2 Å². The largest absolute Gasteiger partial charge is 0.416 e. The predicted molar refractivity (Wildman–Crippen MR) is 123 cm³/mol. The lowest BCUT2D eigenvalue weighted by Crippen LogP contribution is -2.38. The fourth-order valence-electron chi connectivity index (χ4n) is 4.29. The second-order valence-corrected chi connectivity index (χ2v) is 8.62. The van der Waals surface area contributed by atoms with Gasteiger partial charge in [0.2, 0.25) is 0 Å². The molecule has 0 bridgehead atoms. The van der Waals surface area contributed by atoms with Crippen LogP contribution in [0.3, 0.4) is 0 Å². The number of likely N-dealkylation sites (tertiary alicyclic amines) is 1. The topological polar surface area (TPSA) is 56.1 Å². The summed E-state index contributed by atoms with van der Waals surface area (Å²) in [6, 6.07) is 20.9. The van der Waals surface area contributed by atoms with Crippen LogP contribution in [0.1, 0.15) is 45.1 Å². The molecule has 1 saturated heterocycles. The Morgan fingerprint density at radius 3 is 2.38 bits per heavy atom. The van der Waals surface area contributed by atoms with Gasteiger partial charge in [-0.25, -0.2) is 0 Å². The first-order valence-electron chi connectivity index (χ1n) is 10.7. The van der Waals surface area contributed by atoms with Crippen molar-refractivity contribution < 1.29 is 18.0 Å². The first-order valence-corrected chi connectivity index (χ1v) is 11.1. The minimum atomic E-state index is -4.45. The van der Waals surface area contributed by atoms with E-state index in [9.17, 15) is 23.2 Å². The number of hydrogen-bond acceptors (Lipinski definition) is 3. The van der Waals surface area contributed by atoms with Gasteiger partial charge < -0.3 is 5.32 Å². The third kappa shape index (κ3) is 5.24. The molecule has 0 aromatic heterocycles. The summed E-state index contributed by atoms with van der Waals surface area (Å²) >= 11 is 6.08. The highest BCUT2D eigenvalue weighted by Crippen LogP contribution is 2.34. The zero-order valence-corrected chi connectivity index (χ0v) is 18.8. The highest BCUT2D eigenvalue weighted by molar-refractivity contribution is 6.30. The molecule has 0 radical (unpaired) electrons. The van der Waals surface area contributed by atoms with E-state index >= 15 is 0 Å². The first-order chi connectivity index (χ1) is 16.3. The van der Waals surface area contributed by atoms with E-state index in [0.29, 0.717) is 30.1 Å². The zero-order chi connectivity index (χ0) is 24.3. The summed E-state index contributed by atoms with van der Waals surface area (Å²) in [4.78, 5) is 14.8. The molecule has 3 aromatic carbocycles. The molecule has 34 heavy (non-hydrogen) atoms. The molecule has 1 amide bonds. The Morgan fingerprint density at radius 1 is 1.06 bits per heavy atom. The van der Waals surface area contributed by atoms with Gasteiger partial charge in [0.25, 0.3) is 5.91 Å². The lowest BCUT2D eigenvalue weighted by Gasteiger charge is -2.29. The minimum absolute atomic E-state index is 0.176. The van der Waals surface area contributed by atoms with E-state index < -0.39 is 17.6 Å². The SMILES string of the molecule is N#Cc1ccccc1C(c1ccc(Cl)cc1)N1CC[C@@H](NC(=O)c2ccc(C(F)(F)F)cc2)C1. The minimum Gasteiger partial charge on any atom is -0.348 e. The number of benzene rings is 3. The number of carbonyl (C=O) groups is 1. The van der Waals surface area contributed by atoms with Crippen LogP contribution in [0.2, 0.25) is 5.02 Å². The average Bonchev–Trinajstić information content (AvgIpc) is 3.28. The van der Waals surface area contributed by atoms with E-state index in [1.165, 1.54) is 12.1 Å². The van der Waals surface area contributed by atoms with Crippen molar-refractivity contribution >= 4 is 17.5 Å². The van der Waals surface area contributed by atoms with E-state index in [4.69, 9.17) is 11.6 Å². The number of nitriles is 1.